The van der Waals surface area contributed by atoms with Crippen LogP contribution in [-0.4, -0.2) is 66.2 Å². The van der Waals surface area contributed by atoms with Crippen molar-refractivity contribution in [2.45, 2.75) is 63.4 Å². The van der Waals surface area contributed by atoms with Crippen molar-refractivity contribution in [3.8, 4) is 0 Å². The molecule has 3 amide bonds. The molecule has 4 rings (SSSR count). The molecule has 0 saturated carbocycles. The molecule has 4 atom stereocenters. The Balaban J connectivity index is 1.29. The van der Waals surface area contributed by atoms with E-state index < -0.39 is 36.3 Å². The SMILES string of the molecule is C[C@H](NC(=O)c1ccc(N)c(Cl)c1)C(=O)N1CCC[C@H]1C(=O)N[C@H]1CC(=O)OC1OCCCc1ccccc1. The second-order valence-corrected chi connectivity index (χ2v) is 10.2. The van der Waals surface area contributed by atoms with Crippen molar-refractivity contribution >= 4 is 41.0 Å². The van der Waals surface area contributed by atoms with Crippen molar-refractivity contribution in [1.29, 1.82) is 0 Å². The highest BCUT2D eigenvalue weighted by Gasteiger charge is 2.41. The van der Waals surface area contributed by atoms with Crippen LogP contribution in [0.2, 0.25) is 5.02 Å². The lowest BCUT2D eigenvalue weighted by molar-refractivity contribution is -0.165. The second-order valence-electron chi connectivity index (χ2n) is 9.76. The summed E-state index contributed by atoms with van der Waals surface area (Å²) in [5.74, 6) is -1.69. The summed E-state index contributed by atoms with van der Waals surface area (Å²) in [6.45, 7) is 2.31. The van der Waals surface area contributed by atoms with Crippen LogP contribution < -0.4 is 16.4 Å². The molecule has 2 aliphatic heterocycles. The minimum atomic E-state index is -0.882. The van der Waals surface area contributed by atoms with Gasteiger partial charge in [-0.15, -0.1) is 0 Å². The smallest absolute Gasteiger partial charge is 0.310 e. The lowest BCUT2D eigenvalue weighted by Crippen LogP contribution is -2.54. The van der Waals surface area contributed by atoms with Gasteiger partial charge >= 0.3 is 5.97 Å². The summed E-state index contributed by atoms with van der Waals surface area (Å²) in [7, 11) is 0. The van der Waals surface area contributed by atoms with Crippen molar-refractivity contribution in [2.24, 2.45) is 0 Å². The molecule has 2 heterocycles. The normalized spacial score (nSPS) is 21.3. The van der Waals surface area contributed by atoms with Crippen LogP contribution in [0.4, 0.5) is 5.69 Å². The lowest BCUT2D eigenvalue weighted by Gasteiger charge is -2.28. The maximum atomic E-state index is 13.2. The molecule has 2 aromatic rings. The molecular weight excluding hydrogens is 524 g/mol. The van der Waals surface area contributed by atoms with Crippen LogP contribution in [-0.2, 0) is 30.3 Å². The number of likely N-dealkylation sites (tertiary alicyclic amines) is 1. The van der Waals surface area contributed by atoms with Gasteiger partial charge in [0.2, 0.25) is 18.1 Å². The topological polar surface area (TPSA) is 140 Å². The first-order valence-corrected chi connectivity index (χ1v) is 13.4. The Morgan fingerprint density at radius 3 is 2.72 bits per heavy atom. The van der Waals surface area contributed by atoms with Gasteiger partial charge in [0.1, 0.15) is 18.1 Å². The van der Waals surface area contributed by atoms with E-state index in [1.165, 1.54) is 28.7 Å². The van der Waals surface area contributed by atoms with E-state index in [4.69, 9.17) is 26.8 Å². The van der Waals surface area contributed by atoms with Gasteiger partial charge in [0.25, 0.3) is 5.91 Å². The third kappa shape index (κ3) is 7.27. The first kappa shape index (κ1) is 28.4. The van der Waals surface area contributed by atoms with Gasteiger partial charge in [-0.05, 0) is 56.4 Å². The molecule has 0 aromatic heterocycles. The van der Waals surface area contributed by atoms with E-state index in [-0.39, 0.29) is 28.8 Å². The van der Waals surface area contributed by atoms with E-state index in [1.54, 1.807) is 6.92 Å². The number of anilines is 1. The number of benzene rings is 2. The molecule has 0 radical (unpaired) electrons. The number of nitrogens with one attached hydrogen (secondary N) is 2. The number of aryl methyl sites for hydroxylation is 1. The van der Waals surface area contributed by atoms with Gasteiger partial charge in [0.15, 0.2) is 0 Å². The van der Waals surface area contributed by atoms with E-state index in [9.17, 15) is 19.2 Å². The lowest BCUT2D eigenvalue weighted by atomic mass is 10.1. The van der Waals surface area contributed by atoms with Gasteiger partial charge in [-0.25, -0.2) is 0 Å². The van der Waals surface area contributed by atoms with Crippen LogP contribution in [0.1, 0.15) is 48.5 Å². The quantitative estimate of drug-likeness (QED) is 0.232. The fraction of sp³-hybridized carbons (Fsp3) is 0.429. The van der Waals surface area contributed by atoms with Crippen LogP contribution in [0.25, 0.3) is 0 Å². The Morgan fingerprint density at radius 2 is 1.97 bits per heavy atom. The average molecular weight is 557 g/mol. The first-order chi connectivity index (χ1) is 18.7. The van der Waals surface area contributed by atoms with E-state index in [2.05, 4.69) is 10.6 Å². The standard InChI is InChI=1S/C28H33ClN4O6/c1-17(31-25(35)19-11-12-21(30)20(29)15-19)27(37)33-13-5-10-23(33)26(36)32-22-16-24(34)39-28(22)38-14-6-9-18-7-3-2-4-8-18/h2-4,7-8,11-12,15,17,22-23,28H,5-6,9-10,13-14,16,30H2,1H3,(H,31,35)(H,32,36)/t17-,22-,23-,28?/m0/s1. The molecule has 2 aliphatic rings. The molecule has 0 bridgehead atoms. The van der Waals surface area contributed by atoms with E-state index >= 15 is 0 Å². The number of hydrogen-bond acceptors (Lipinski definition) is 7. The Morgan fingerprint density at radius 1 is 1.21 bits per heavy atom. The number of esters is 1. The number of nitrogens with zero attached hydrogens (tertiary/aromatic N) is 1. The molecule has 2 aromatic carbocycles. The number of ether oxygens (including phenoxy) is 2. The third-order valence-corrected chi connectivity index (χ3v) is 7.17. The highest BCUT2D eigenvalue weighted by atomic mass is 35.5. The number of rotatable bonds is 10. The number of hydrogen-bond donors (Lipinski definition) is 3. The zero-order valence-corrected chi connectivity index (χ0v) is 22.5. The minimum Gasteiger partial charge on any atom is -0.433 e. The average Bonchev–Trinajstić information content (AvgIpc) is 3.54. The van der Waals surface area contributed by atoms with Crippen LogP contribution in [0, 0.1) is 0 Å². The molecule has 2 saturated heterocycles. The Bertz CT molecular complexity index is 1210. The molecule has 39 heavy (non-hydrogen) atoms. The zero-order chi connectivity index (χ0) is 27.9. The monoisotopic (exact) mass is 556 g/mol. The highest BCUT2D eigenvalue weighted by Crippen LogP contribution is 2.23. The maximum absolute atomic E-state index is 13.2. The summed E-state index contributed by atoms with van der Waals surface area (Å²) < 4.78 is 11.1. The molecule has 208 valence electrons. The van der Waals surface area contributed by atoms with Crippen molar-refractivity contribution in [2.75, 3.05) is 18.9 Å². The molecule has 0 aliphatic carbocycles. The number of cyclic esters (lactones) is 1. The maximum Gasteiger partial charge on any atom is 0.310 e. The molecule has 2 fully saturated rings. The van der Waals surface area contributed by atoms with E-state index in [1.807, 2.05) is 30.3 Å². The summed E-state index contributed by atoms with van der Waals surface area (Å²) in [6, 6.07) is 12.2. The predicted octanol–water partition coefficient (Wildman–Crippen LogP) is 2.44. The molecule has 11 heteroatoms. The summed E-state index contributed by atoms with van der Waals surface area (Å²) in [5.41, 5.74) is 7.49. The van der Waals surface area contributed by atoms with E-state index in [0.717, 1.165) is 12.8 Å². The number of carbonyl (C=O) groups excluding carboxylic acids is 4. The van der Waals surface area contributed by atoms with E-state index in [0.29, 0.717) is 31.7 Å². The number of halogens is 1. The fourth-order valence-corrected chi connectivity index (χ4v) is 4.95. The summed E-state index contributed by atoms with van der Waals surface area (Å²) >= 11 is 6.00. The Kier molecular flexibility index (Phi) is 9.42. The van der Waals surface area contributed by atoms with Crippen molar-refractivity contribution in [1.82, 2.24) is 15.5 Å². The van der Waals surface area contributed by atoms with Gasteiger partial charge in [-0.1, -0.05) is 41.9 Å². The molecule has 4 N–H and O–H groups in total. The number of amides is 3. The third-order valence-electron chi connectivity index (χ3n) is 6.84. The summed E-state index contributed by atoms with van der Waals surface area (Å²) in [4.78, 5) is 52.4. The van der Waals surface area contributed by atoms with Gasteiger partial charge in [-0.2, -0.15) is 0 Å². The van der Waals surface area contributed by atoms with Crippen LogP contribution in [0.3, 0.4) is 0 Å². The zero-order valence-electron chi connectivity index (χ0n) is 21.7. The minimum absolute atomic E-state index is 0.00757. The van der Waals surface area contributed by atoms with Crippen LogP contribution in [0.5, 0.6) is 0 Å². The second kappa shape index (κ2) is 12.9. The predicted molar refractivity (Wildman–Crippen MR) is 145 cm³/mol. The molecule has 10 nitrogen and oxygen atoms in total. The number of nitrogen functional groups attached to an aromatic ring is 1. The van der Waals surface area contributed by atoms with Gasteiger partial charge in [0.05, 0.1) is 23.7 Å². The summed E-state index contributed by atoms with van der Waals surface area (Å²) in [5, 5.41) is 5.75. The summed E-state index contributed by atoms with van der Waals surface area (Å²) in [6.07, 6.45) is 1.76. The molecular formula is C28H33ClN4O6. The largest absolute Gasteiger partial charge is 0.433 e. The van der Waals surface area contributed by atoms with Crippen molar-refractivity contribution < 1.29 is 28.7 Å². The fourth-order valence-electron chi connectivity index (χ4n) is 4.77. The van der Waals surface area contributed by atoms with Crippen LogP contribution in [0.15, 0.2) is 48.5 Å². The number of carbonyl (C=O) groups is 4. The Hall–Kier alpha value is -3.63. The highest BCUT2D eigenvalue weighted by molar-refractivity contribution is 6.33. The van der Waals surface area contributed by atoms with Gasteiger partial charge in [0, 0.05) is 12.1 Å². The van der Waals surface area contributed by atoms with Crippen LogP contribution >= 0.6 is 11.6 Å². The molecule has 0 spiro atoms. The van der Waals surface area contributed by atoms with Gasteiger partial charge < -0.3 is 30.7 Å². The Labute approximate surface area is 232 Å². The molecule has 1 unspecified atom stereocenters. The van der Waals surface area contributed by atoms with Gasteiger partial charge in [-0.3, -0.25) is 19.2 Å². The first-order valence-electron chi connectivity index (χ1n) is 13.0. The van der Waals surface area contributed by atoms with Crippen molar-refractivity contribution in [3.63, 3.8) is 0 Å². The number of nitrogens with two attached hydrogens (primary N) is 1. The van der Waals surface area contributed by atoms with Crippen molar-refractivity contribution in [3.05, 3.63) is 64.7 Å².